The fraction of sp³-hybridized carbons (Fsp3) is 0.500. The highest BCUT2D eigenvalue weighted by molar-refractivity contribution is 7.16. The number of carboxylic acids is 2. The van der Waals surface area contributed by atoms with E-state index in [1.807, 2.05) is 23.9 Å². The summed E-state index contributed by atoms with van der Waals surface area (Å²) in [5.41, 5.74) is 2.81. The number of thiophene rings is 1. The van der Waals surface area contributed by atoms with Crippen molar-refractivity contribution in [1.82, 2.24) is 19.7 Å². The molecule has 0 bridgehead atoms. The number of carboxylic acid groups (broad SMARTS) is 2. The van der Waals surface area contributed by atoms with Crippen LogP contribution in [0.25, 0.3) is 5.82 Å². The number of ether oxygens (including phenoxy) is 1. The van der Waals surface area contributed by atoms with E-state index in [4.69, 9.17) is 41.9 Å². The summed E-state index contributed by atoms with van der Waals surface area (Å²) in [6.45, 7) is 3.75. The van der Waals surface area contributed by atoms with Crippen molar-refractivity contribution in [1.29, 1.82) is 0 Å². The van der Waals surface area contributed by atoms with Crippen LogP contribution < -0.4 is 0 Å². The summed E-state index contributed by atoms with van der Waals surface area (Å²) < 4.78 is 36.9. The van der Waals surface area contributed by atoms with Crippen LogP contribution in [0.2, 0.25) is 4.34 Å². The van der Waals surface area contributed by atoms with Crippen LogP contribution in [-0.2, 0) is 32.4 Å². The molecule has 3 aliphatic rings. The zero-order chi connectivity index (χ0) is 31.1. The molecule has 0 radical (unpaired) electrons. The topological polar surface area (TPSA) is 158 Å². The Morgan fingerprint density at radius 2 is 1.84 bits per heavy atom. The van der Waals surface area contributed by atoms with Crippen LogP contribution in [-0.4, -0.2) is 83.9 Å². The van der Waals surface area contributed by atoms with Gasteiger partial charge in [0.1, 0.15) is 12.2 Å². The number of rotatable bonds is 7. The number of hydrogen-bond acceptors (Lipinski definition) is 9. The molecule has 3 aromatic rings. The van der Waals surface area contributed by atoms with E-state index in [1.165, 1.54) is 35.8 Å². The number of piperidine rings is 1. The second kappa shape index (κ2) is 12.2. The van der Waals surface area contributed by atoms with Crippen molar-refractivity contribution in [2.45, 2.75) is 68.8 Å². The molecule has 43 heavy (non-hydrogen) atoms. The molecule has 2 aliphatic heterocycles. The number of aliphatic hydroxyl groups excluding tert-OH is 2. The van der Waals surface area contributed by atoms with Crippen molar-refractivity contribution in [3.8, 4) is 5.82 Å². The summed E-state index contributed by atoms with van der Waals surface area (Å²) in [5, 5.41) is 37.3. The van der Waals surface area contributed by atoms with Gasteiger partial charge in [0.15, 0.2) is 18.0 Å². The minimum Gasteiger partial charge on any atom is -0.479 e. The first-order valence-electron chi connectivity index (χ1n) is 13.7. The summed E-state index contributed by atoms with van der Waals surface area (Å²) in [7, 11) is 0. The average Bonchev–Trinajstić information content (AvgIpc) is 3.64. The number of nitrogens with zero attached hydrogens (tertiary/aromatic N) is 4. The first kappa shape index (κ1) is 31.4. The second-order valence-corrected chi connectivity index (χ2v) is 12.7. The zero-order valence-corrected chi connectivity index (χ0v) is 24.7. The maximum atomic E-state index is 14.4. The standard InChI is InChI=1S/C24H25ClF2N4OS.C4H6O6/c1-15-17(13-31(29-15)22-18(16-4-5-16)3-2-8-28-22)12-30-9-6-23(7-10-30)21-19(11-20(25)33-21)24(26,27)14-32-23;5-1(3(7)8)2(6)4(9)10/h2-3,8,11,13,16H,4-7,9-10,12,14H2,1H3;1-2,5-6H,(H,7,8)(H,9,10)/t;1-,2-/m.1/s1. The van der Waals surface area contributed by atoms with Gasteiger partial charge in [0.25, 0.3) is 5.92 Å². The molecule has 3 aromatic heterocycles. The van der Waals surface area contributed by atoms with E-state index in [2.05, 4.69) is 22.1 Å². The molecule has 6 rings (SSSR count). The molecule has 4 N–H and O–H groups in total. The van der Waals surface area contributed by atoms with Crippen molar-refractivity contribution >= 4 is 34.9 Å². The fourth-order valence-electron chi connectivity index (χ4n) is 5.37. The van der Waals surface area contributed by atoms with Crippen LogP contribution in [0.5, 0.6) is 0 Å². The summed E-state index contributed by atoms with van der Waals surface area (Å²) >= 11 is 7.36. The normalized spacial score (nSPS) is 20.5. The summed E-state index contributed by atoms with van der Waals surface area (Å²) in [6, 6.07) is 5.57. The van der Waals surface area contributed by atoms with Gasteiger partial charge in [-0.05, 0) is 56.2 Å². The molecule has 1 aliphatic carbocycles. The number of likely N-dealkylation sites (tertiary alicyclic amines) is 1. The zero-order valence-electron chi connectivity index (χ0n) is 23.1. The molecule has 232 valence electrons. The van der Waals surface area contributed by atoms with E-state index in [9.17, 15) is 18.4 Å². The van der Waals surface area contributed by atoms with Crippen molar-refractivity contribution in [2.24, 2.45) is 0 Å². The molecule has 1 spiro atoms. The lowest BCUT2D eigenvalue weighted by atomic mass is 9.84. The SMILES string of the molecule is Cc1nn(-c2ncccc2C2CC2)cc1CN1CCC2(CC1)OCC(F)(F)c1cc(Cl)sc12.O=C(O)[C@H](O)[C@@H](O)C(=O)O. The Balaban J connectivity index is 0.000000319. The van der Waals surface area contributed by atoms with E-state index in [0.29, 0.717) is 28.0 Å². The first-order valence-corrected chi connectivity index (χ1v) is 14.9. The highest BCUT2D eigenvalue weighted by atomic mass is 35.5. The van der Waals surface area contributed by atoms with E-state index < -0.39 is 42.3 Å². The summed E-state index contributed by atoms with van der Waals surface area (Å²) in [4.78, 5) is 27.1. The molecule has 0 aromatic carbocycles. The highest BCUT2D eigenvalue weighted by Gasteiger charge is 2.51. The Labute approximate surface area is 254 Å². The van der Waals surface area contributed by atoms with Crippen LogP contribution in [0.4, 0.5) is 8.78 Å². The van der Waals surface area contributed by atoms with Crippen LogP contribution in [0, 0.1) is 6.92 Å². The predicted octanol–water partition coefficient (Wildman–Crippen LogP) is 3.66. The number of aromatic nitrogens is 3. The van der Waals surface area contributed by atoms with Gasteiger partial charge in [-0.1, -0.05) is 17.7 Å². The number of pyridine rings is 1. The molecule has 2 atom stereocenters. The number of alkyl halides is 2. The Morgan fingerprint density at radius 1 is 1.19 bits per heavy atom. The number of aliphatic carboxylic acids is 2. The number of fused-ring (bicyclic) bond motifs is 2. The lowest BCUT2D eigenvalue weighted by Crippen LogP contribution is -2.48. The van der Waals surface area contributed by atoms with Gasteiger partial charge in [0.2, 0.25) is 0 Å². The quantitative estimate of drug-likeness (QED) is 0.300. The maximum Gasteiger partial charge on any atom is 0.335 e. The van der Waals surface area contributed by atoms with Crippen LogP contribution in [0.15, 0.2) is 30.6 Å². The predicted molar refractivity (Wildman–Crippen MR) is 151 cm³/mol. The third kappa shape index (κ3) is 6.59. The summed E-state index contributed by atoms with van der Waals surface area (Å²) in [6.07, 6.45) is 3.15. The second-order valence-electron chi connectivity index (χ2n) is 11.0. The fourth-order valence-corrected chi connectivity index (χ4v) is 6.85. The minimum atomic E-state index is -2.97. The third-order valence-corrected chi connectivity index (χ3v) is 9.40. The molecule has 1 saturated heterocycles. The van der Waals surface area contributed by atoms with Gasteiger partial charge < -0.3 is 25.2 Å². The molecule has 5 heterocycles. The molecule has 1 saturated carbocycles. The lowest BCUT2D eigenvalue weighted by Gasteiger charge is -2.45. The monoisotopic (exact) mass is 640 g/mol. The maximum absolute atomic E-state index is 14.4. The first-order chi connectivity index (χ1) is 20.3. The van der Waals surface area contributed by atoms with Crippen molar-refractivity contribution in [3.63, 3.8) is 0 Å². The van der Waals surface area contributed by atoms with E-state index in [0.717, 1.165) is 36.7 Å². The number of halogens is 3. The van der Waals surface area contributed by atoms with Gasteiger partial charge in [-0.2, -0.15) is 13.9 Å². The van der Waals surface area contributed by atoms with Crippen molar-refractivity contribution in [2.75, 3.05) is 19.7 Å². The van der Waals surface area contributed by atoms with Gasteiger partial charge in [-0.25, -0.2) is 19.3 Å². The largest absolute Gasteiger partial charge is 0.479 e. The van der Waals surface area contributed by atoms with Crippen LogP contribution in [0.1, 0.15) is 58.9 Å². The molecule has 2 fully saturated rings. The number of aryl methyl sites for hydroxylation is 1. The number of hydrogen-bond donors (Lipinski definition) is 4. The molecular formula is C28H31ClF2N4O7S. The molecule has 0 amide bonds. The Morgan fingerprint density at radius 3 is 2.44 bits per heavy atom. The lowest BCUT2D eigenvalue weighted by molar-refractivity contribution is -0.182. The van der Waals surface area contributed by atoms with Crippen LogP contribution >= 0.6 is 22.9 Å². The van der Waals surface area contributed by atoms with E-state index in [-0.39, 0.29) is 5.56 Å². The van der Waals surface area contributed by atoms with Crippen LogP contribution in [0.3, 0.4) is 0 Å². The highest BCUT2D eigenvalue weighted by Crippen LogP contribution is 2.52. The van der Waals surface area contributed by atoms with E-state index in [1.54, 1.807) is 0 Å². The van der Waals surface area contributed by atoms with Gasteiger partial charge in [-0.15, -0.1) is 11.3 Å². The summed E-state index contributed by atoms with van der Waals surface area (Å²) in [5.74, 6) is -4.99. The molecule has 0 unspecified atom stereocenters. The average molecular weight is 641 g/mol. The van der Waals surface area contributed by atoms with Crippen molar-refractivity contribution in [3.05, 3.63) is 62.2 Å². The van der Waals surface area contributed by atoms with Gasteiger partial charge in [0, 0.05) is 48.0 Å². The smallest absolute Gasteiger partial charge is 0.335 e. The molecular weight excluding hydrogens is 610 g/mol. The minimum absolute atomic E-state index is 0.0520. The molecule has 11 nitrogen and oxygen atoms in total. The van der Waals surface area contributed by atoms with Crippen molar-refractivity contribution < 1.29 is 43.5 Å². The number of carbonyl (C=O) groups is 2. The molecule has 15 heteroatoms. The third-order valence-electron chi connectivity index (χ3n) is 7.95. The van der Waals surface area contributed by atoms with E-state index >= 15 is 0 Å². The Bertz CT molecular complexity index is 1490. The Hall–Kier alpha value is -3.01. The van der Waals surface area contributed by atoms with Gasteiger partial charge >= 0.3 is 11.9 Å². The van der Waals surface area contributed by atoms with Gasteiger partial charge in [-0.3, -0.25) is 4.90 Å². The Kier molecular flexibility index (Phi) is 8.89. The number of aliphatic hydroxyl groups is 2. The van der Waals surface area contributed by atoms with Gasteiger partial charge in [0.05, 0.1) is 10.0 Å².